The van der Waals surface area contributed by atoms with E-state index in [0.29, 0.717) is 5.92 Å². The van der Waals surface area contributed by atoms with Gasteiger partial charge < -0.3 is 4.90 Å². The number of rotatable bonds is 4. The summed E-state index contributed by atoms with van der Waals surface area (Å²) in [5.41, 5.74) is 0.602. The van der Waals surface area contributed by atoms with Gasteiger partial charge in [-0.1, -0.05) is 18.2 Å². The summed E-state index contributed by atoms with van der Waals surface area (Å²) >= 11 is 0. The average molecular weight is 312 g/mol. The molecule has 6 nitrogen and oxygen atoms in total. The van der Waals surface area contributed by atoms with E-state index in [4.69, 9.17) is 0 Å². The fraction of sp³-hybridized carbons (Fsp3) is 0.471. The summed E-state index contributed by atoms with van der Waals surface area (Å²) < 4.78 is 3.00. The van der Waals surface area contributed by atoms with Gasteiger partial charge in [-0.3, -0.25) is 4.79 Å². The number of amides is 1. The van der Waals surface area contributed by atoms with Crippen LogP contribution in [0.4, 0.5) is 0 Å². The molecule has 0 bridgehead atoms. The van der Waals surface area contributed by atoms with Crippen molar-refractivity contribution in [3.8, 4) is 5.69 Å². The highest BCUT2D eigenvalue weighted by atomic mass is 16.2. The number of carbonyl (C=O) groups is 1. The van der Waals surface area contributed by atoms with E-state index in [1.165, 1.54) is 4.68 Å². The predicted molar refractivity (Wildman–Crippen MR) is 85.6 cm³/mol. The molecule has 2 heterocycles. The molecule has 23 heavy (non-hydrogen) atoms. The van der Waals surface area contributed by atoms with Crippen molar-refractivity contribution >= 4 is 5.91 Å². The van der Waals surface area contributed by atoms with Crippen molar-refractivity contribution in [1.82, 2.24) is 19.2 Å². The monoisotopic (exact) mass is 312 g/mol. The highest BCUT2D eigenvalue weighted by molar-refractivity contribution is 5.76. The number of aromatic nitrogens is 3. The molecule has 2 aromatic rings. The van der Waals surface area contributed by atoms with E-state index in [2.05, 4.69) is 5.10 Å². The minimum Gasteiger partial charge on any atom is -0.341 e. The van der Waals surface area contributed by atoms with Crippen LogP contribution in [0.15, 0.2) is 35.1 Å². The zero-order valence-electron chi connectivity index (χ0n) is 13.0. The second-order valence-electron chi connectivity index (χ2n) is 6.33. The molecule has 120 valence electrons. The normalized spacial score (nSPS) is 17.7. The molecule has 1 saturated heterocycles. The summed E-state index contributed by atoms with van der Waals surface area (Å²) in [7, 11) is 0. The summed E-state index contributed by atoms with van der Waals surface area (Å²) in [4.78, 5) is 26.9. The fourth-order valence-electron chi connectivity index (χ4n) is 3.15. The molecule has 2 fully saturated rings. The van der Waals surface area contributed by atoms with Gasteiger partial charge in [-0.15, -0.1) is 0 Å². The third kappa shape index (κ3) is 2.69. The van der Waals surface area contributed by atoms with Crippen LogP contribution in [0.2, 0.25) is 0 Å². The van der Waals surface area contributed by atoms with Gasteiger partial charge >= 0.3 is 5.69 Å². The Labute approximate surface area is 134 Å². The predicted octanol–water partition coefficient (Wildman–Crippen LogP) is 1.53. The number of likely N-dealkylation sites (tertiary alicyclic amines) is 1. The number of hydrogen-bond acceptors (Lipinski definition) is 3. The summed E-state index contributed by atoms with van der Waals surface area (Å²) in [5, 5.41) is 4.48. The molecular formula is C17H20N4O2. The van der Waals surface area contributed by atoms with Crippen LogP contribution in [0, 0.1) is 0 Å². The number of nitrogens with zero attached hydrogens (tertiary/aromatic N) is 4. The Morgan fingerprint density at radius 1 is 1.13 bits per heavy atom. The first-order valence-corrected chi connectivity index (χ1v) is 8.27. The number of para-hydroxylation sites is 1. The molecule has 0 unspecified atom stereocenters. The van der Waals surface area contributed by atoms with Crippen molar-refractivity contribution in [2.75, 3.05) is 13.1 Å². The molecule has 1 aromatic carbocycles. The lowest BCUT2D eigenvalue weighted by molar-refractivity contribution is -0.131. The molecule has 0 N–H and O–H groups in total. The SMILES string of the molecule is O=C(Cn1nc(C2CC2)n(-c2ccccc2)c1=O)N1CCCC1. The van der Waals surface area contributed by atoms with Gasteiger partial charge in [0.05, 0.1) is 5.69 Å². The van der Waals surface area contributed by atoms with E-state index in [0.717, 1.165) is 50.3 Å². The molecule has 2 aliphatic rings. The summed E-state index contributed by atoms with van der Waals surface area (Å²) in [6.45, 7) is 1.63. The van der Waals surface area contributed by atoms with E-state index in [1.54, 1.807) is 4.57 Å². The molecule has 4 rings (SSSR count). The van der Waals surface area contributed by atoms with E-state index in [-0.39, 0.29) is 18.1 Å². The Morgan fingerprint density at radius 2 is 1.83 bits per heavy atom. The molecule has 1 saturated carbocycles. The highest BCUT2D eigenvalue weighted by Gasteiger charge is 2.32. The van der Waals surface area contributed by atoms with Crippen LogP contribution in [0.1, 0.15) is 37.4 Å². The van der Waals surface area contributed by atoms with Gasteiger partial charge in [-0.05, 0) is 37.8 Å². The van der Waals surface area contributed by atoms with Gasteiger partial charge in [0, 0.05) is 19.0 Å². The van der Waals surface area contributed by atoms with Crippen LogP contribution in [0.25, 0.3) is 5.69 Å². The minimum absolute atomic E-state index is 0.00958. The van der Waals surface area contributed by atoms with Crippen LogP contribution >= 0.6 is 0 Å². The van der Waals surface area contributed by atoms with E-state index in [1.807, 2.05) is 35.2 Å². The first kappa shape index (κ1) is 14.2. The largest absolute Gasteiger partial charge is 0.351 e. The van der Waals surface area contributed by atoms with Crippen molar-refractivity contribution in [3.63, 3.8) is 0 Å². The first-order chi connectivity index (χ1) is 11.2. The topological polar surface area (TPSA) is 60.1 Å². The van der Waals surface area contributed by atoms with Crippen LogP contribution in [-0.2, 0) is 11.3 Å². The Kier molecular flexibility index (Phi) is 3.52. The van der Waals surface area contributed by atoms with Gasteiger partial charge in [0.2, 0.25) is 5.91 Å². The molecule has 1 aromatic heterocycles. The second-order valence-corrected chi connectivity index (χ2v) is 6.33. The van der Waals surface area contributed by atoms with E-state index in [9.17, 15) is 9.59 Å². The Bertz CT molecular complexity index is 768. The van der Waals surface area contributed by atoms with Crippen molar-refractivity contribution in [3.05, 3.63) is 46.6 Å². The van der Waals surface area contributed by atoms with Crippen LogP contribution in [-0.4, -0.2) is 38.2 Å². The molecule has 1 aliphatic carbocycles. The maximum absolute atomic E-state index is 12.8. The zero-order valence-corrected chi connectivity index (χ0v) is 13.0. The van der Waals surface area contributed by atoms with Crippen molar-refractivity contribution in [1.29, 1.82) is 0 Å². The average Bonchev–Trinajstić information content (AvgIpc) is 3.16. The standard InChI is InChI=1S/C17H20N4O2/c22-15(19-10-4-5-11-19)12-20-17(23)21(14-6-2-1-3-7-14)16(18-20)13-8-9-13/h1-3,6-7,13H,4-5,8-12H2. The van der Waals surface area contributed by atoms with Gasteiger partial charge in [-0.2, -0.15) is 5.10 Å². The molecule has 0 spiro atoms. The highest BCUT2D eigenvalue weighted by Crippen LogP contribution is 2.39. The van der Waals surface area contributed by atoms with Gasteiger partial charge in [0.25, 0.3) is 0 Å². The fourth-order valence-corrected chi connectivity index (χ4v) is 3.15. The van der Waals surface area contributed by atoms with Crippen LogP contribution in [0.3, 0.4) is 0 Å². The van der Waals surface area contributed by atoms with Crippen molar-refractivity contribution < 1.29 is 4.79 Å². The zero-order chi connectivity index (χ0) is 15.8. The summed E-state index contributed by atoms with van der Waals surface area (Å²) in [5.74, 6) is 1.12. The Morgan fingerprint density at radius 3 is 2.48 bits per heavy atom. The molecular weight excluding hydrogens is 292 g/mol. The van der Waals surface area contributed by atoms with Crippen molar-refractivity contribution in [2.45, 2.75) is 38.1 Å². The molecule has 0 radical (unpaired) electrons. The smallest absolute Gasteiger partial charge is 0.341 e. The molecule has 0 atom stereocenters. The Hall–Kier alpha value is -2.37. The maximum atomic E-state index is 12.8. The maximum Gasteiger partial charge on any atom is 0.351 e. The van der Waals surface area contributed by atoms with Gasteiger partial charge in [-0.25, -0.2) is 14.0 Å². The summed E-state index contributed by atoms with van der Waals surface area (Å²) in [6, 6.07) is 9.55. The summed E-state index contributed by atoms with van der Waals surface area (Å²) in [6.07, 6.45) is 4.21. The van der Waals surface area contributed by atoms with Gasteiger partial charge in [0.15, 0.2) is 0 Å². The minimum atomic E-state index is -0.217. The quantitative estimate of drug-likeness (QED) is 0.860. The lowest BCUT2D eigenvalue weighted by Gasteiger charge is -2.14. The number of hydrogen-bond donors (Lipinski definition) is 0. The Balaban J connectivity index is 1.68. The van der Waals surface area contributed by atoms with E-state index < -0.39 is 0 Å². The lowest BCUT2D eigenvalue weighted by Crippen LogP contribution is -2.35. The molecule has 1 amide bonds. The number of benzene rings is 1. The second kappa shape index (κ2) is 5.68. The molecule has 6 heteroatoms. The third-order valence-electron chi connectivity index (χ3n) is 4.57. The van der Waals surface area contributed by atoms with Gasteiger partial charge in [0.1, 0.15) is 12.4 Å². The van der Waals surface area contributed by atoms with E-state index >= 15 is 0 Å². The molecule has 1 aliphatic heterocycles. The third-order valence-corrected chi connectivity index (χ3v) is 4.57. The first-order valence-electron chi connectivity index (χ1n) is 8.27. The lowest BCUT2D eigenvalue weighted by atomic mass is 10.3. The van der Waals surface area contributed by atoms with Crippen LogP contribution in [0.5, 0.6) is 0 Å². The van der Waals surface area contributed by atoms with Crippen LogP contribution < -0.4 is 5.69 Å². The van der Waals surface area contributed by atoms with Crippen molar-refractivity contribution in [2.24, 2.45) is 0 Å². The number of carbonyl (C=O) groups excluding carboxylic acids is 1.